The van der Waals surface area contributed by atoms with Crippen molar-refractivity contribution in [3.05, 3.63) is 0 Å². The molecule has 4 unspecified atom stereocenters. The zero-order valence-corrected chi connectivity index (χ0v) is 21.4. The molecule has 1 saturated carbocycles. The van der Waals surface area contributed by atoms with Crippen molar-refractivity contribution in [3.8, 4) is 0 Å². The van der Waals surface area contributed by atoms with Gasteiger partial charge in [0, 0.05) is 6.04 Å². The van der Waals surface area contributed by atoms with Crippen LogP contribution in [0.4, 0.5) is 4.79 Å². The number of carbonyl (C=O) groups excluding carboxylic acids is 5. The number of hydrogen-bond donors (Lipinski definition) is 3. The van der Waals surface area contributed by atoms with E-state index in [-0.39, 0.29) is 24.3 Å². The third kappa shape index (κ3) is 6.48. The number of primary amides is 1. The summed E-state index contributed by atoms with van der Waals surface area (Å²) in [7, 11) is 0. The maximum atomic E-state index is 13.8. The molecule has 2 aliphatic rings. The first-order valence-corrected chi connectivity index (χ1v) is 12.0. The molecular formula is C24H40N4O6. The number of nitrogens with two attached hydrogens (primary N) is 1. The summed E-state index contributed by atoms with van der Waals surface area (Å²) in [6.45, 7) is 12.5. The predicted octanol–water partition coefficient (Wildman–Crippen LogP) is 1.64. The molecule has 1 heterocycles. The van der Waals surface area contributed by atoms with Gasteiger partial charge >= 0.3 is 6.09 Å². The summed E-state index contributed by atoms with van der Waals surface area (Å²) in [6.07, 6.45) is 2.36. The lowest BCUT2D eigenvalue weighted by molar-refractivity contribution is -0.147. The minimum absolute atomic E-state index is 0.0537. The number of rotatable bonds is 8. The van der Waals surface area contributed by atoms with Crippen molar-refractivity contribution in [2.24, 2.45) is 17.1 Å². The first kappa shape index (κ1) is 27.6. The van der Waals surface area contributed by atoms with E-state index >= 15 is 0 Å². The number of fused-ring (bicyclic) bond motifs is 2. The molecule has 0 aromatic carbocycles. The third-order valence-corrected chi connectivity index (χ3v) is 6.34. The number of carbonyl (C=O) groups is 5. The van der Waals surface area contributed by atoms with Crippen LogP contribution in [0.3, 0.4) is 0 Å². The molecule has 2 bridgehead atoms. The fraction of sp³-hybridized carbons (Fsp3) is 0.792. The second-order valence-electron chi connectivity index (χ2n) is 11.4. The molecule has 0 radical (unpaired) electrons. The fourth-order valence-corrected chi connectivity index (χ4v) is 4.85. The van der Waals surface area contributed by atoms with Gasteiger partial charge in [-0.15, -0.1) is 0 Å². The first-order valence-electron chi connectivity index (χ1n) is 12.0. The number of likely N-dealkylation sites (tertiary alicyclic amines) is 1. The minimum atomic E-state index is -1.10. The number of hydrogen-bond acceptors (Lipinski definition) is 6. The summed E-state index contributed by atoms with van der Waals surface area (Å²) in [4.78, 5) is 64.8. The van der Waals surface area contributed by atoms with Gasteiger partial charge in [-0.25, -0.2) is 4.79 Å². The number of nitrogens with zero attached hydrogens (tertiary/aromatic N) is 1. The van der Waals surface area contributed by atoms with Crippen LogP contribution in [-0.2, 0) is 23.9 Å². The van der Waals surface area contributed by atoms with Crippen LogP contribution in [0.25, 0.3) is 0 Å². The van der Waals surface area contributed by atoms with Gasteiger partial charge in [0.25, 0.3) is 5.91 Å². The zero-order valence-electron chi connectivity index (χ0n) is 21.4. The van der Waals surface area contributed by atoms with Crippen LogP contribution in [0.5, 0.6) is 0 Å². The largest absolute Gasteiger partial charge is 0.444 e. The van der Waals surface area contributed by atoms with Gasteiger partial charge < -0.3 is 26.0 Å². The van der Waals surface area contributed by atoms with Crippen molar-refractivity contribution >= 4 is 29.6 Å². The van der Waals surface area contributed by atoms with E-state index in [1.807, 2.05) is 27.7 Å². The van der Waals surface area contributed by atoms with Crippen LogP contribution in [0.2, 0.25) is 0 Å². The van der Waals surface area contributed by atoms with E-state index in [0.29, 0.717) is 12.8 Å². The highest BCUT2D eigenvalue weighted by Gasteiger charge is 2.54. The van der Waals surface area contributed by atoms with E-state index in [2.05, 4.69) is 10.6 Å². The highest BCUT2D eigenvalue weighted by molar-refractivity contribution is 6.37. The van der Waals surface area contributed by atoms with Crippen molar-refractivity contribution in [2.75, 3.05) is 0 Å². The molecule has 0 spiro atoms. The van der Waals surface area contributed by atoms with Crippen LogP contribution < -0.4 is 16.4 Å². The quantitative estimate of drug-likeness (QED) is 0.450. The van der Waals surface area contributed by atoms with Crippen LogP contribution in [-0.4, -0.2) is 64.3 Å². The topological polar surface area (TPSA) is 148 Å². The van der Waals surface area contributed by atoms with Crippen LogP contribution in [0, 0.1) is 11.3 Å². The summed E-state index contributed by atoms with van der Waals surface area (Å²) in [5, 5.41) is 5.37. The van der Waals surface area contributed by atoms with Gasteiger partial charge in [-0.3, -0.25) is 19.2 Å². The fourth-order valence-electron chi connectivity index (χ4n) is 4.85. The van der Waals surface area contributed by atoms with Gasteiger partial charge in [-0.2, -0.15) is 0 Å². The Balaban J connectivity index is 2.28. The van der Waals surface area contributed by atoms with Crippen molar-refractivity contribution in [1.82, 2.24) is 15.5 Å². The monoisotopic (exact) mass is 480 g/mol. The number of ether oxygens (including phenoxy) is 1. The maximum absolute atomic E-state index is 13.8. The number of alkyl carbamates (subject to hydrolysis) is 1. The molecule has 1 aliphatic carbocycles. The Morgan fingerprint density at radius 1 is 1.03 bits per heavy atom. The Bertz CT molecular complexity index is 828. The van der Waals surface area contributed by atoms with E-state index in [4.69, 9.17) is 10.5 Å². The molecule has 10 nitrogen and oxygen atoms in total. The van der Waals surface area contributed by atoms with E-state index in [9.17, 15) is 24.0 Å². The molecule has 0 aromatic heterocycles. The molecule has 1 saturated heterocycles. The van der Waals surface area contributed by atoms with E-state index in [1.165, 1.54) is 0 Å². The van der Waals surface area contributed by atoms with E-state index in [1.54, 1.807) is 25.7 Å². The average Bonchev–Trinajstić information content (AvgIpc) is 3.30. The Labute approximate surface area is 201 Å². The summed E-state index contributed by atoms with van der Waals surface area (Å²) < 4.78 is 5.36. The van der Waals surface area contributed by atoms with Gasteiger partial charge in [0.2, 0.25) is 17.6 Å². The minimum Gasteiger partial charge on any atom is -0.444 e. The average molecular weight is 481 g/mol. The number of piperidine rings is 1. The molecule has 0 aromatic rings. The number of amides is 4. The molecular weight excluding hydrogens is 440 g/mol. The smallest absolute Gasteiger partial charge is 0.408 e. The number of ketones is 1. The maximum Gasteiger partial charge on any atom is 0.408 e. The SMILES string of the molecule is CCCC(NC(=O)C1C2CCC(C2)N1C(=O)[C@@H](NC(=O)OC(C)(C)C)C(C)(C)C)C(=O)C(N)=O. The lowest BCUT2D eigenvalue weighted by Gasteiger charge is -2.40. The lowest BCUT2D eigenvalue weighted by atomic mass is 9.85. The molecule has 4 amide bonds. The van der Waals surface area contributed by atoms with E-state index in [0.717, 1.165) is 12.8 Å². The van der Waals surface area contributed by atoms with Crippen LogP contribution in [0.1, 0.15) is 80.6 Å². The highest BCUT2D eigenvalue weighted by atomic mass is 16.6. The van der Waals surface area contributed by atoms with Gasteiger partial charge in [0.1, 0.15) is 17.7 Å². The second kappa shape index (κ2) is 10.3. The lowest BCUT2D eigenvalue weighted by Crippen LogP contribution is -2.62. The molecule has 2 rings (SSSR count). The van der Waals surface area contributed by atoms with Gasteiger partial charge in [0.15, 0.2) is 0 Å². The molecule has 34 heavy (non-hydrogen) atoms. The summed E-state index contributed by atoms with van der Waals surface area (Å²) in [6, 6.07) is -2.85. The van der Waals surface area contributed by atoms with Crippen LogP contribution >= 0.6 is 0 Å². The second-order valence-corrected chi connectivity index (χ2v) is 11.4. The molecule has 192 valence electrons. The highest BCUT2D eigenvalue weighted by Crippen LogP contribution is 2.43. The van der Waals surface area contributed by atoms with Gasteiger partial charge in [-0.05, 0) is 57.8 Å². The van der Waals surface area contributed by atoms with Crippen molar-refractivity contribution < 1.29 is 28.7 Å². The summed E-state index contributed by atoms with van der Waals surface area (Å²) >= 11 is 0. The van der Waals surface area contributed by atoms with E-state index < -0.39 is 52.8 Å². The summed E-state index contributed by atoms with van der Waals surface area (Å²) in [5.74, 6) is -2.84. The normalized spacial score (nSPS) is 23.7. The Kier molecular flexibility index (Phi) is 8.37. The van der Waals surface area contributed by atoms with Crippen LogP contribution in [0.15, 0.2) is 0 Å². The Morgan fingerprint density at radius 2 is 1.65 bits per heavy atom. The Morgan fingerprint density at radius 3 is 2.15 bits per heavy atom. The van der Waals surface area contributed by atoms with Crippen molar-refractivity contribution in [3.63, 3.8) is 0 Å². The molecule has 1 aliphatic heterocycles. The third-order valence-electron chi connectivity index (χ3n) is 6.34. The molecule has 2 fully saturated rings. The molecule has 4 N–H and O–H groups in total. The van der Waals surface area contributed by atoms with Gasteiger partial charge in [0.05, 0.1) is 6.04 Å². The molecule has 5 atom stereocenters. The number of nitrogens with one attached hydrogen (secondary N) is 2. The van der Waals surface area contributed by atoms with Gasteiger partial charge in [-0.1, -0.05) is 34.1 Å². The van der Waals surface area contributed by atoms with Crippen molar-refractivity contribution in [1.29, 1.82) is 0 Å². The molecule has 10 heteroatoms. The summed E-state index contributed by atoms with van der Waals surface area (Å²) in [5.41, 5.74) is 3.77. The Hall–Kier alpha value is -2.65. The standard InChI is InChI=1S/C24H40N4O6/c1-8-9-15(17(29)19(25)30)26-20(31)16-13-10-11-14(12-13)28(16)21(32)18(23(2,3)4)27-22(33)34-24(5,6)7/h13-16,18H,8-12H2,1-7H3,(H2,25,30)(H,26,31)(H,27,33)/t13?,14?,15?,16?,18-/m1/s1. The first-order chi connectivity index (χ1) is 15.6. The van der Waals surface area contributed by atoms with Crippen molar-refractivity contribution in [2.45, 2.75) is 110 Å². The number of Topliss-reactive ketones (excluding diaryl/α,β-unsaturated/α-hetero) is 1. The zero-order chi connectivity index (χ0) is 26.0. The predicted molar refractivity (Wildman–Crippen MR) is 125 cm³/mol.